The van der Waals surface area contributed by atoms with Crippen molar-refractivity contribution in [2.24, 2.45) is 15.9 Å². The third-order valence-electron chi connectivity index (χ3n) is 6.27. The number of hydrogen-bond acceptors (Lipinski definition) is 9. The number of carbonyl (C=O) groups is 1. The van der Waals surface area contributed by atoms with Crippen LogP contribution in [0.25, 0.3) is 11.0 Å². The first-order chi connectivity index (χ1) is 19.2. The van der Waals surface area contributed by atoms with Crippen LogP contribution in [-0.2, 0) is 10.3 Å². The lowest BCUT2D eigenvalue weighted by Crippen LogP contribution is -2.54. The van der Waals surface area contributed by atoms with Gasteiger partial charge >= 0.3 is 12.6 Å². The van der Waals surface area contributed by atoms with Crippen molar-refractivity contribution in [2.75, 3.05) is 19.7 Å². The second kappa shape index (κ2) is 11.4. The monoisotopic (exact) mass is 575 g/mol. The number of aliphatic imine (C=N–C) groups is 1. The fourth-order valence-electron chi connectivity index (χ4n) is 4.24. The number of aliphatic hydroxyl groups is 1. The summed E-state index contributed by atoms with van der Waals surface area (Å²) in [5.41, 5.74) is -0.915. The number of alkyl halides is 2. The van der Waals surface area contributed by atoms with Gasteiger partial charge in [-0.05, 0) is 58.9 Å². The molecule has 1 aromatic carbocycles. The lowest BCUT2D eigenvalue weighted by Gasteiger charge is -2.38. The van der Waals surface area contributed by atoms with E-state index in [4.69, 9.17) is 15.3 Å². The first-order valence-electron chi connectivity index (χ1n) is 12.8. The minimum atomic E-state index is -2.91. The van der Waals surface area contributed by atoms with E-state index in [2.05, 4.69) is 20.1 Å². The molecule has 3 aromatic rings. The zero-order valence-electron chi connectivity index (χ0n) is 23.3. The molecule has 14 heteroatoms. The largest absolute Gasteiger partial charge is 0.488 e. The van der Waals surface area contributed by atoms with Crippen molar-refractivity contribution < 1.29 is 32.5 Å². The second-order valence-electron chi connectivity index (χ2n) is 10.9. The molecule has 0 radical (unpaired) electrons. The summed E-state index contributed by atoms with van der Waals surface area (Å²) in [4.78, 5) is 26.4. The minimum absolute atomic E-state index is 0.00965. The molecule has 3 N–H and O–H groups in total. The van der Waals surface area contributed by atoms with Crippen LogP contribution in [0.3, 0.4) is 0 Å². The number of benzene rings is 1. The Hall–Kier alpha value is -4.20. The van der Waals surface area contributed by atoms with Gasteiger partial charge in [0.05, 0.1) is 29.2 Å². The van der Waals surface area contributed by atoms with Crippen LogP contribution in [0.5, 0.6) is 5.75 Å². The molecule has 11 nitrogen and oxygen atoms in total. The Morgan fingerprint density at radius 2 is 1.93 bits per heavy atom. The van der Waals surface area contributed by atoms with E-state index < -0.39 is 36.3 Å². The van der Waals surface area contributed by atoms with E-state index in [9.17, 15) is 23.1 Å². The molecule has 1 unspecified atom stereocenters. The first-order valence-corrected chi connectivity index (χ1v) is 12.8. The number of aromatic nitrogens is 3. The average Bonchev–Trinajstić information content (AvgIpc) is 3.29. The van der Waals surface area contributed by atoms with Gasteiger partial charge in [0.1, 0.15) is 46.9 Å². The number of likely N-dealkylation sites (tertiary alicyclic amines) is 1. The summed E-state index contributed by atoms with van der Waals surface area (Å²) in [6.45, 7) is 5.84. The van der Waals surface area contributed by atoms with E-state index >= 15 is 0 Å². The van der Waals surface area contributed by atoms with Crippen molar-refractivity contribution in [2.45, 2.75) is 58.4 Å². The normalized spacial score (nSPS) is 16.6. The maximum Gasteiger partial charge on any atom is 0.410 e. The summed E-state index contributed by atoms with van der Waals surface area (Å²) < 4.78 is 52.7. The summed E-state index contributed by atoms with van der Waals surface area (Å²) in [5.74, 6) is 5.12. The highest BCUT2D eigenvalue weighted by Gasteiger charge is 2.34. The van der Waals surface area contributed by atoms with E-state index in [0.29, 0.717) is 28.9 Å². The molecule has 0 saturated carbocycles. The zero-order chi connectivity index (χ0) is 30.1. The van der Waals surface area contributed by atoms with Crippen LogP contribution in [0.2, 0.25) is 0 Å². The second-order valence-corrected chi connectivity index (χ2v) is 10.9. The number of hydrazone groups is 1. The van der Waals surface area contributed by atoms with Gasteiger partial charge in [-0.15, -0.1) is 0 Å². The molecule has 1 aliphatic heterocycles. The van der Waals surface area contributed by atoms with Crippen molar-refractivity contribution in [3.8, 4) is 5.75 Å². The number of ether oxygens (including phenoxy) is 2. The highest BCUT2D eigenvalue weighted by atomic mass is 19.3. The van der Waals surface area contributed by atoms with Crippen LogP contribution in [0.1, 0.15) is 52.4 Å². The lowest BCUT2D eigenvalue weighted by atomic mass is 10.0. The van der Waals surface area contributed by atoms with Crippen LogP contribution >= 0.6 is 0 Å². The summed E-state index contributed by atoms with van der Waals surface area (Å²) in [7, 11) is 0. The van der Waals surface area contributed by atoms with E-state index in [1.54, 1.807) is 27.7 Å². The number of hydrogen-bond donors (Lipinski definition) is 2. The molecular formula is C27H32F3N7O4. The molecule has 4 rings (SSSR count). The fourth-order valence-corrected chi connectivity index (χ4v) is 4.24. The van der Waals surface area contributed by atoms with Crippen LogP contribution in [0, 0.1) is 5.82 Å². The number of rotatable bonds is 8. The van der Waals surface area contributed by atoms with Crippen LogP contribution < -0.4 is 10.6 Å². The minimum Gasteiger partial charge on any atom is -0.488 e. The predicted molar refractivity (Wildman–Crippen MR) is 146 cm³/mol. The molecule has 41 heavy (non-hydrogen) atoms. The van der Waals surface area contributed by atoms with Gasteiger partial charge in [0.15, 0.2) is 0 Å². The van der Waals surface area contributed by atoms with E-state index in [0.717, 1.165) is 18.6 Å². The SMILES string of the molecule is CC(=NC1CN(C(=O)OC(C)(C)C)C1)/C(=N\N)c1cc(OCC(C)(O)c2ccc(F)cn2)c2c(c1)ncn2C(F)F. The van der Waals surface area contributed by atoms with Crippen molar-refractivity contribution >= 4 is 28.6 Å². The Morgan fingerprint density at radius 3 is 2.51 bits per heavy atom. The lowest BCUT2D eigenvalue weighted by molar-refractivity contribution is 0.00389. The van der Waals surface area contributed by atoms with E-state index in [1.165, 1.54) is 30.0 Å². The van der Waals surface area contributed by atoms with Gasteiger partial charge in [0, 0.05) is 18.7 Å². The molecule has 220 valence electrons. The molecule has 1 aliphatic rings. The van der Waals surface area contributed by atoms with Crippen molar-refractivity contribution in [1.29, 1.82) is 0 Å². The summed E-state index contributed by atoms with van der Waals surface area (Å²) >= 11 is 0. The number of halogens is 3. The maximum absolute atomic E-state index is 13.8. The Bertz CT molecular complexity index is 1470. The Labute approximate surface area is 234 Å². The Morgan fingerprint density at radius 1 is 1.22 bits per heavy atom. The molecular weight excluding hydrogens is 543 g/mol. The smallest absolute Gasteiger partial charge is 0.410 e. The van der Waals surface area contributed by atoms with Gasteiger partial charge in [0.2, 0.25) is 0 Å². The topological polar surface area (TPSA) is 140 Å². The molecule has 3 heterocycles. The highest BCUT2D eigenvalue weighted by Crippen LogP contribution is 2.32. The van der Waals surface area contributed by atoms with Gasteiger partial charge < -0.3 is 25.3 Å². The van der Waals surface area contributed by atoms with Gasteiger partial charge in [-0.25, -0.2) is 14.2 Å². The third-order valence-corrected chi connectivity index (χ3v) is 6.27. The molecule has 0 spiro atoms. The molecule has 0 aliphatic carbocycles. The van der Waals surface area contributed by atoms with Crippen molar-refractivity contribution in [3.05, 3.63) is 53.9 Å². The van der Waals surface area contributed by atoms with Crippen LogP contribution in [0.4, 0.5) is 18.0 Å². The third kappa shape index (κ3) is 6.76. The fraction of sp³-hybridized carbons (Fsp3) is 0.444. The summed E-state index contributed by atoms with van der Waals surface area (Å²) in [6, 6.07) is 5.21. The molecule has 1 amide bonds. The molecule has 2 aromatic heterocycles. The number of fused-ring (bicyclic) bond motifs is 1. The van der Waals surface area contributed by atoms with E-state index in [1.807, 2.05) is 0 Å². The summed E-state index contributed by atoms with van der Waals surface area (Å²) in [6.07, 6.45) is 1.50. The van der Waals surface area contributed by atoms with Crippen molar-refractivity contribution in [1.82, 2.24) is 19.4 Å². The number of nitrogens with zero attached hydrogens (tertiary/aromatic N) is 6. The highest BCUT2D eigenvalue weighted by molar-refractivity contribution is 6.47. The molecule has 1 saturated heterocycles. The van der Waals surface area contributed by atoms with Crippen LogP contribution in [-0.4, -0.2) is 73.4 Å². The number of amides is 1. The number of pyridine rings is 1. The van der Waals surface area contributed by atoms with Gasteiger partial charge in [0.25, 0.3) is 0 Å². The van der Waals surface area contributed by atoms with Gasteiger partial charge in [-0.1, -0.05) is 0 Å². The average molecular weight is 576 g/mol. The Kier molecular flexibility index (Phi) is 8.24. The number of carbonyl (C=O) groups excluding carboxylic acids is 1. The van der Waals surface area contributed by atoms with E-state index in [-0.39, 0.29) is 34.2 Å². The standard InChI is InChI=1S/C27H32F3N7O4/c1-15(34-18-11-36(12-18)25(38)41-26(2,3)4)22(35-31)16-8-19-23(37(14-33-19)24(29)30)20(9-16)40-13-27(5,39)21-7-6-17(28)10-32-21/h6-10,14,18,24,39H,11-13,31H2,1-5H3/b34-15?,35-22+. The van der Waals surface area contributed by atoms with Gasteiger partial charge in [-0.3, -0.25) is 14.5 Å². The van der Waals surface area contributed by atoms with Gasteiger partial charge in [-0.2, -0.15) is 13.9 Å². The maximum atomic E-state index is 13.8. The first kappa shape index (κ1) is 29.8. The number of nitrogens with two attached hydrogens (primary N) is 1. The quantitative estimate of drug-likeness (QED) is 0.235. The van der Waals surface area contributed by atoms with Crippen LogP contribution in [0.15, 0.2) is 46.9 Å². The predicted octanol–water partition coefficient (Wildman–Crippen LogP) is 4.00. The Balaban J connectivity index is 1.59. The molecule has 1 fully saturated rings. The molecule has 1 atom stereocenters. The van der Waals surface area contributed by atoms with Crippen molar-refractivity contribution in [3.63, 3.8) is 0 Å². The summed E-state index contributed by atoms with van der Waals surface area (Å²) in [5, 5.41) is 14.8. The zero-order valence-corrected chi connectivity index (χ0v) is 23.3. The number of imidazole rings is 1. The molecule has 0 bridgehead atoms.